The van der Waals surface area contributed by atoms with Gasteiger partial charge in [0.1, 0.15) is 0 Å². The summed E-state index contributed by atoms with van der Waals surface area (Å²) < 4.78 is 6.61. The first-order valence-electron chi connectivity index (χ1n) is 3.92. The van der Waals surface area contributed by atoms with Gasteiger partial charge in [0.05, 0.1) is 12.6 Å². The van der Waals surface area contributed by atoms with Gasteiger partial charge in [0.2, 0.25) is 0 Å². The number of hydrogen-bond donors (Lipinski definition) is 0. The summed E-state index contributed by atoms with van der Waals surface area (Å²) in [4.78, 5) is 11.2. The lowest BCUT2D eigenvalue weighted by Crippen LogP contribution is -2.23. The lowest BCUT2D eigenvalue weighted by atomic mass is 10.3. The topological polar surface area (TPSA) is 31.2 Å². The average molecular weight is 167 g/mol. The van der Waals surface area contributed by atoms with Crippen LogP contribution < -0.4 is 5.56 Å². The zero-order valence-corrected chi connectivity index (χ0v) is 7.36. The van der Waals surface area contributed by atoms with Gasteiger partial charge in [-0.05, 0) is 13.0 Å². The molecule has 0 aliphatic rings. The van der Waals surface area contributed by atoms with E-state index in [9.17, 15) is 4.79 Å². The molecule has 0 bridgehead atoms. The Labute approximate surface area is 71.6 Å². The second-order valence-corrected chi connectivity index (χ2v) is 2.75. The van der Waals surface area contributed by atoms with Crippen molar-refractivity contribution in [3.05, 3.63) is 34.7 Å². The Balaban J connectivity index is 2.87. The normalized spacial score (nSPS) is 12.8. The van der Waals surface area contributed by atoms with E-state index in [2.05, 4.69) is 0 Å². The molecule has 0 amide bonds. The van der Waals surface area contributed by atoms with Crippen LogP contribution in [0.15, 0.2) is 29.2 Å². The van der Waals surface area contributed by atoms with Crippen molar-refractivity contribution in [1.82, 2.24) is 4.57 Å². The molecule has 0 saturated heterocycles. The zero-order chi connectivity index (χ0) is 8.97. The van der Waals surface area contributed by atoms with E-state index in [-0.39, 0.29) is 11.6 Å². The fourth-order valence-corrected chi connectivity index (χ4v) is 1.13. The summed E-state index contributed by atoms with van der Waals surface area (Å²) in [5.41, 5.74) is 0.0158. The number of hydrogen-bond acceptors (Lipinski definition) is 2. The Morgan fingerprint density at radius 2 is 2.33 bits per heavy atom. The molecule has 0 saturated carbocycles. The van der Waals surface area contributed by atoms with E-state index in [1.807, 2.05) is 13.0 Å². The fraction of sp³-hybridized carbons (Fsp3) is 0.444. The molecule has 0 spiro atoms. The van der Waals surface area contributed by atoms with Gasteiger partial charge < -0.3 is 9.30 Å². The SMILES string of the molecule is COCC(C)n1ccccc1=O. The van der Waals surface area contributed by atoms with Gasteiger partial charge in [0.25, 0.3) is 5.56 Å². The first-order chi connectivity index (χ1) is 5.75. The molecule has 0 radical (unpaired) electrons. The third-order valence-corrected chi connectivity index (χ3v) is 1.73. The standard InChI is InChI=1S/C9H13NO2/c1-8(7-12-2)10-6-4-3-5-9(10)11/h3-6,8H,7H2,1-2H3. The van der Waals surface area contributed by atoms with Gasteiger partial charge in [-0.3, -0.25) is 4.79 Å². The highest BCUT2D eigenvalue weighted by atomic mass is 16.5. The molecular weight excluding hydrogens is 154 g/mol. The van der Waals surface area contributed by atoms with Crippen LogP contribution in [-0.2, 0) is 4.74 Å². The molecule has 1 aromatic rings. The van der Waals surface area contributed by atoms with Crippen LogP contribution in [0.4, 0.5) is 0 Å². The maximum absolute atomic E-state index is 11.2. The van der Waals surface area contributed by atoms with Crippen molar-refractivity contribution < 1.29 is 4.74 Å². The molecular formula is C9H13NO2. The minimum atomic E-state index is 0.0158. The highest BCUT2D eigenvalue weighted by molar-refractivity contribution is 4.94. The van der Waals surface area contributed by atoms with Crippen LogP contribution in [0.5, 0.6) is 0 Å². The molecule has 1 heterocycles. The minimum absolute atomic E-state index is 0.0158. The van der Waals surface area contributed by atoms with Crippen LogP contribution in [0.1, 0.15) is 13.0 Å². The number of nitrogens with zero attached hydrogens (tertiary/aromatic N) is 1. The molecule has 0 N–H and O–H groups in total. The molecule has 0 aliphatic carbocycles. The molecule has 1 rings (SSSR count). The Hall–Kier alpha value is -1.09. The molecule has 0 aliphatic heterocycles. The van der Waals surface area contributed by atoms with E-state index in [1.165, 1.54) is 0 Å². The number of rotatable bonds is 3. The summed E-state index contributed by atoms with van der Waals surface area (Å²) in [6, 6.07) is 5.22. The van der Waals surface area contributed by atoms with E-state index in [0.717, 1.165) is 0 Å². The fourth-order valence-electron chi connectivity index (χ4n) is 1.13. The molecule has 3 heteroatoms. The van der Waals surface area contributed by atoms with E-state index < -0.39 is 0 Å². The highest BCUT2D eigenvalue weighted by Crippen LogP contribution is 2.00. The van der Waals surface area contributed by atoms with Crippen LogP contribution >= 0.6 is 0 Å². The summed E-state index contributed by atoms with van der Waals surface area (Å²) in [6.07, 6.45) is 1.77. The van der Waals surface area contributed by atoms with E-state index in [1.54, 1.807) is 30.0 Å². The Morgan fingerprint density at radius 3 is 2.92 bits per heavy atom. The number of aromatic nitrogens is 1. The molecule has 1 atom stereocenters. The van der Waals surface area contributed by atoms with Crippen LogP contribution in [-0.4, -0.2) is 18.3 Å². The molecule has 66 valence electrons. The van der Waals surface area contributed by atoms with Crippen molar-refractivity contribution >= 4 is 0 Å². The smallest absolute Gasteiger partial charge is 0.250 e. The summed E-state index contributed by atoms with van der Waals surface area (Å²) >= 11 is 0. The predicted molar refractivity (Wildman–Crippen MR) is 47.3 cm³/mol. The molecule has 12 heavy (non-hydrogen) atoms. The third-order valence-electron chi connectivity index (χ3n) is 1.73. The van der Waals surface area contributed by atoms with Crippen LogP contribution in [0.2, 0.25) is 0 Å². The first kappa shape index (κ1) is 9.00. The van der Waals surface area contributed by atoms with Gasteiger partial charge in [-0.1, -0.05) is 6.07 Å². The van der Waals surface area contributed by atoms with Gasteiger partial charge in [0.15, 0.2) is 0 Å². The third kappa shape index (κ3) is 1.95. The first-order valence-corrected chi connectivity index (χ1v) is 3.92. The number of methoxy groups -OCH3 is 1. The van der Waals surface area contributed by atoms with Crippen molar-refractivity contribution in [3.8, 4) is 0 Å². The number of pyridine rings is 1. The summed E-state index contributed by atoms with van der Waals surface area (Å²) in [5.74, 6) is 0. The average Bonchev–Trinajstić information content (AvgIpc) is 2.05. The maximum Gasteiger partial charge on any atom is 0.250 e. The van der Waals surface area contributed by atoms with E-state index >= 15 is 0 Å². The second-order valence-electron chi connectivity index (χ2n) is 2.75. The molecule has 0 fully saturated rings. The van der Waals surface area contributed by atoms with Crippen molar-refractivity contribution in [2.75, 3.05) is 13.7 Å². The van der Waals surface area contributed by atoms with Crippen molar-refractivity contribution in [1.29, 1.82) is 0 Å². The lowest BCUT2D eigenvalue weighted by Gasteiger charge is -2.12. The summed E-state index contributed by atoms with van der Waals surface area (Å²) in [6.45, 7) is 2.51. The molecule has 1 aromatic heterocycles. The Bertz CT molecular complexity index is 293. The quantitative estimate of drug-likeness (QED) is 0.674. The zero-order valence-electron chi connectivity index (χ0n) is 7.36. The van der Waals surface area contributed by atoms with Gasteiger partial charge in [-0.2, -0.15) is 0 Å². The van der Waals surface area contributed by atoms with Crippen LogP contribution in [0, 0.1) is 0 Å². The van der Waals surface area contributed by atoms with Gasteiger partial charge >= 0.3 is 0 Å². The van der Waals surface area contributed by atoms with E-state index in [4.69, 9.17) is 4.74 Å². The maximum atomic E-state index is 11.2. The van der Waals surface area contributed by atoms with Gasteiger partial charge in [-0.15, -0.1) is 0 Å². The van der Waals surface area contributed by atoms with Crippen molar-refractivity contribution in [3.63, 3.8) is 0 Å². The highest BCUT2D eigenvalue weighted by Gasteiger charge is 2.03. The summed E-state index contributed by atoms with van der Waals surface area (Å²) in [7, 11) is 1.63. The summed E-state index contributed by atoms with van der Waals surface area (Å²) in [5, 5.41) is 0. The van der Waals surface area contributed by atoms with E-state index in [0.29, 0.717) is 6.61 Å². The molecule has 3 nitrogen and oxygen atoms in total. The second kappa shape index (κ2) is 4.07. The largest absolute Gasteiger partial charge is 0.383 e. The van der Waals surface area contributed by atoms with Gasteiger partial charge in [-0.25, -0.2) is 0 Å². The van der Waals surface area contributed by atoms with Crippen molar-refractivity contribution in [2.45, 2.75) is 13.0 Å². The monoisotopic (exact) mass is 167 g/mol. The van der Waals surface area contributed by atoms with Crippen molar-refractivity contribution in [2.24, 2.45) is 0 Å². The molecule has 1 unspecified atom stereocenters. The minimum Gasteiger partial charge on any atom is -0.383 e. The molecule has 0 aromatic carbocycles. The van der Waals surface area contributed by atoms with Crippen LogP contribution in [0.25, 0.3) is 0 Å². The van der Waals surface area contributed by atoms with Crippen LogP contribution in [0.3, 0.4) is 0 Å². The lowest BCUT2D eigenvalue weighted by molar-refractivity contribution is 0.161. The predicted octanol–water partition coefficient (Wildman–Crippen LogP) is 1.06. The number of ether oxygens (including phenoxy) is 1. The Morgan fingerprint density at radius 1 is 1.58 bits per heavy atom. The Kier molecular flexibility index (Phi) is 3.05. The van der Waals surface area contributed by atoms with Gasteiger partial charge in [0, 0.05) is 19.4 Å².